The number of aromatic nitrogens is 5. The molecule has 0 amide bonds. The maximum atomic E-state index is 6.37. The van der Waals surface area contributed by atoms with Gasteiger partial charge in [-0.1, -0.05) is 30.1 Å². The molecule has 0 aliphatic carbocycles. The average Bonchev–Trinajstić information content (AvgIpc) is 3.30. The fourth-order valence-electron chi connectivity index (χ4n) is 5.31. The lowest BCUT2D eigenvalue weighted by molar-refractivity contribution is -0.0365. The molecule has 39 heavy (non-hydrogen) atoms. The van der Waals surface area contributed by atoms with Crippen LogP contribution in [0.25, 0.3) is 22.3 Å². The van der Waals surface area contributed by atoms with Crippen molar-refractivity contribution in [3.8, 4) is 17.1 Å². The second-order valence-corrected chi connectivity index (χ2v) is 11.2. The standard InChI is InChI=1S/C28H31Cl2N7O2/c1-3-28(31)15-36(16-28)24-10-8-22(33-34-24)27-19-12-18(39-17(2)26-20(29)13-32-14-21(26)30)7-9-23(19)37(35-27)25-6-4-5-11-38-25/h7-10,12-14,17,25H,3-6,11,15-16,31H2,1-2H3/t17-,25?/m1/s1. The zero-order valence-electron chi connectivity index (χ0n) is 22.0. The van der Waals surface area contributed by atoms with E-state index in [1.165, 1.54) is 0 Å². The van der Waals surface area contributed by atoms with Gasteiger partial charge in [-0.15, -0.1) is 10.2 Å². The quantitative estimate of drug-likeness (QED) is 0.291. The number of rotatable bonds is 7. The fourth-order valence-corrected chi connectivity index (χ4v) is 5.98. The molecule has 2 N–H and O–H groups in total. The number of benzene rings is 1. The van der Waals surface area contributed by atoms with Gasteiger partial charge in [0.1, 0.15) is 23.2 Å². The highest BCUT2D eigenvalue weighted by molar-refractivity contribution is 6.35. The van der Waals surface area contributed by atoms with Crippen LogP contribution in [0.2, 0.25) is 10.0 Å². The zero-order chi connectivity index (χ0) is 27.1. The van der Waals surface area contributed by atoms with Gasteiger partial charge in [0.05, 0.1) is 21.1 Å². The van der Waals surface area contributed by atoms with E-state index in [1.54, 1.807) is 12.4 Å². The van der Waals surface area contributed by atoms with Crippen LogP contribution in [0, 0.1) is 0 Å². The molecule has 2 fully saturated rings. The smallest absolute Gasteiger partial charge is 0.151 e. The number of hydrogen-bond donors (Lipinski definition) is 1. The summed E-state index contributed by atoms with van der Waals surface area (Å²) in [6.45, 7) is 6.30. The largest absolute Gasteiger partial charge is 0.486 e. The Labute approximate surface area is 237 Å². The molecule has 2 atom stereocenters. The number of nitrogens with two attached hydrogens (primary N) is 1. The van der Waals surface area contributed by atoms with Gasteiger partial charge in [-0.25, -0.2) is 4.68 Å². The van der Waals surface area contributed by atoms with Gasteiger partial charge in [-0.3, -0.25) is 4.98 Å². The van der Waals surface area contributed by atoms with Gasteiger partial charge in [0.15, 0.2) is 12.0 Å². The highest BCUT2D eigenvalue weighted by atomic mass is 35.5. The molecule has 2 aliphatic heterocycles. The van der Waals surface area contributed by atoms with Crippen molar-refractivity contribution in [2.45, 2.75) is 57.4 Å². The molecule has 1 aromatic carbocycles. The molecule has 9 nitrogen and oxygen atoms in total. The third-order valence-corrected chi connectivity index (χ3v) is 8.25. The predicted octanol–water partition coefficient (Wildman–Crippen LogP) is 5.96. The lowest BCUT2D eigenvalue weighted by Crippen LogP contribution is -2.67. The number of pyridine rings is 1. The second-order valence-electron chi connectivity index (χ2n) is 10.4. The van der Waals surface area contributed by atoms with Gasteiger partial charge in [-0.2, -0.15) is 5.10 Å². The van der Waals surface area contributed by atoms with Crippen LogP contribution in [0.1, 0.15) is 57.4 Å². The molecule has 0 bridgehead atoms. The van der Waals surface area contributed by atoms with E-state index in [0.717, 1.165) is 67.8 Å². The van der Waals surface area contributed by atoms with Crippen molar-refractivity contribution in [2.75, 3.05) is 24.6 Å². The van der Waals surface area contributed by atoms with E-state index in [1.807, 2.05) is 41.9 Å². The van der Waals surface area contributed by atoms with Crippen LogP contribution >= 0.6 is 23.2 Å². The first-order chi connectivity index (χ1) is 18.8. The molecular weight excluding hydrogens is 537 g/mol. The first-order valence-corrected chi connectivity index (χ1v) is 14.1. The van der Waals surface area contributed by atoms with Crippen molar-refractivity contribution in [3.63, 3.8) is 0 Å². The summed E-state index contributed by atoms with van der Waals surface area (Å²) in [5.41, 5.74) is 9.24. The molecule has 2 aliphatic rings. The van der Waals surface area contributed by atoms with Crippen LogP contribution < -0.4 is 15.4 Å². The molecule has 6 rings (SSSR count). The molecule has 11 heteroatoms. The number of anilines is 1. The van der Waals surface area contributed by atoms with Gasteiger partial charge in [0.2, 0.25) is 0 Å². The summed E-state index contributed by atoms with van der Waals surface area (Å²) >= 11 is 12.7. The molecule has 0 saturated carbocycles. The maximum Gasteiger partial charge on any atom is 0.151 e. The fraction of sp³-hybridized carbons (Fsp3) is 0.429. The first kappa shape index (κ1) is 26.3. The summed E-state index contributed by atoms with van der Waals surface area (Å²) in [5, 5.41) is 15.9. The normalized spacial score (nSPS) is 19.6. The predicted molar refractivity (Wildman–Crippen MR) is 152 cm³/mol. The molecule has 204 valence electrons. The van der Waals surface area contributed by atoms with Gasteiger partial charge < -0.3 is 20.1 Å². The summed E-state index contributed by atoms with van der Waals surface area (Å²) in [6, 6.07) is 9.86. The topological polar surface area (TPSA) is 104 Å². The van der Waals surface area contributed by atoms with Crippen LogP contribution in [-0.4, -0.2) is 50.2 Å². The average molecular weight is 569 g/mol. The summed E-state index contributed by atoms with van der Waals surface area (Å²) in [7, 11) is 0. The third kappa shape index (κ3) is 5.04. The van der Waals surface area contributed by atoms with Gasteiger partial charge in [0.25, 0.3) is 0 Å². The Hall–Kier alpha value is -2.98. The number of ether oxygens (including phenoxy) is 2. The summed E-state index contributed by atoms with van der Waals surface area (Å²) < 4.78 is 14.3. The minimum atomic E-state index is -0.390. The molecular formula is C28H31Cl2N7O2. The summed E-state index contributed by atoms with van der Waals surface area (Å²) in [4.78, 5) is 6.19. The Kier molecular flexibility index (Phi) is 7.09. The summed E-state index contributed by atoms with van der Waals surface area (Å²) in [5.74, 6) is 1.48. The Morgan fingerprint density at radius 1 is 1.13 bits per heavy atom. The number of halogens is 2. The van der Waals surface area contributed by atoms with Crippen LogP contribution in [0.3, 0.4) is 0 Å². The van der Waals surface area contributed by atoms with E-state index < -0.39 is 0 Å². The van der Waals surface area contributed by atoms with Gasteiger partial charge in [-0.05, 0) is 62.9 Å². The monoisotopic (exact) mass is 567 g/mol. The van der Waals surface area contributed by atoms with Crippen LogP contribution in [-0.2, 0) is 4.74 Å². The lowest BCUT2D eigenvalue weighted by Gasteiger charge is -2.47. The number of fused-ring (bicyclic) bond motifs is 1. The highest BCUT2D eigenvalue weighted by Crippen LogP contribution is 2.37. The van der Waals surface area contributed by atoms with Crippen LogP contribution in [0.4, 0.5) is 5.82 Å². The van der Waals surface area contributed by atoms with E-state index in [9.17, 15) is 0 Å². The zero-order valence-corrected chi connectivity index (χ0v) is 23.5. The Morgan fingerprint density at radius 2 is 1.92 bits per heavy atom. The first-order valence-electron chi connectivity index (χ1n) is 13.3. The van der Waals surface area contributed by atoms with Crippen molar-refractivity contribution >= 4 is 39.9 Å². The van der Waals surface area contributed by atoms with Crippen molar-refractivity contribution < 1.29 is 9.47 Å². The number of nitrogens with zero attached hydrogens (tertiary/aromatic N) is 6. The molecule has 5 heterocycles. The molecule has 0 spiro atoms. The molecule has 4 aromatic rings. The van der Waals surface area contributed by atoms with Crippen LogP contribution in [0.15, 0.2) is 42.7 Å². The van der Waals surface area contributed by atoms with Crippen molar-refractivity contribution in [1.29, 1.82) is 0 Å². The van der Waals surface area contributed by atoms with E-state index in [4.69, 9.17) is 43.5 Å². The molecule has 1 unspecified atom stereocenters. The van der Waals surface area contributed by atoms with E-state index in [0.29, 0.717) is 27.1 Å². The third-order valence-electron chi connectivity index (χ3n) is 7.65. The van der Waals surface area contributed by atoms with Crippen molar-refractivity contribution in [1.82, 2.24) is 25.0 Å². The molecule has 2 saturated heterocycles. The second kappa shape index (κ2) is 10.5. The van der Waals surface area contributed by atoms with Gasteiger partial charge >= 0.3 is 0 Å². The Balaban J connectivity index is 1.35. The molecule has 0 radical (unpaired) electrons. The van der Waals surface area contributed by atoms with E-state index in [-0.39, 0.29) is 17.9 Å². The van der Waals surface area contributed by atoms with E-state index >= 15 is 0 Å². The minimum absolute atomic E-state index is 0.129. The van der Waals surface area contributed by atoms with Crippen molar-refractivity contribution in [3.05, 3.63) is 58.3 Å². The van der Waals surface area contributed by atoms with E-state index in [2.05, 4.69) is 27.0 Å². The SMILES string of the molecule is CCC1(N)CN(c2ccc(-c3nn(C4CCCCO4)c4ccc(O[C@H](C)c5c(Cl)cncc5Cl)cc34)nn2)C1. The molecule has 3 aromatic heterocycles. The number of hydrogen-bond acceptors (Lipinski definition) is 8. The maximum absolute atomic E-state index is 6.37. The minimum Gasteiger partial charge on any atom is -0.486 e. The lowest BCUT2D eigenvalue weighted by atomic mass is 9.88. The summed E-state index contributed by atoms with van der Waals surface area (Å²) in [6.07, 6.45) is 6.61. The highest BCUT2D eigenvalue weighted by Gasteiger charge is 2.38. The Bertz CT molecular complexity index is 1460. The van der Waals surface area contributed by atoms with Gasteiger partial charge in [0, 0.05) is 43.0 Å². The van der Waals surface area contributed by atoms with Crippen molar-refractivity contribution in [2.24, 2.45) is 5.73 Å². The Morgan fingerprint density at radius 3 is 2.59 bits per heavy atom. The van der Waals surface area contributed by atoms with Crippen LogP contribution in [0.5, 0.6) is 5.75 Å².